The van der Waals surface area contributed by atoms with Gasteiger partial charge in [-0.1, -0.05) is 6.07 Å². The topological polar surface area (TPSA) is 97.2 Å². The molecule has 7 nitrogen and oxygen atoms in total. The van der Waals surface area contributed by atoms with Gasteiger partial charge in [0.25, 0.3) is 0 Å². The van der Waals surface area contributed by atoms with E-state index in [-0.39, 0.29) is 13.2 Å². The third kappa shape index (κ3) is 5.22. The summed E-state index contributed by atoms with van der Waals surface area (Å²) in [5, 5.41) is 20.8. The minimum absolute atomic E-state index is 0.0575. The van der Waals surface area contributed by atoms with Crippen molar-refractivity contribution in [3.63, 3.8) is 0 Å². The van der Waals surface area contributed by atoms with Crippen LogP contribution >= 0.6 is 0 Å². The second-order valence-electron chi connectivity index (χ2n) is 4.18. The maximum atomic E-state index is 11.4. The number of ether oxygens (including phenoxy) is 3. The minimum atomic E-state index is -0.996. The highest BCUT2D eigenvalue weighted by Crippen LogP contribution is 2.30. The number of carbonyl (C=O) groups is 1. The van der Waals surface area contributed by atoms with Crippen molar-refractivity contribution in [2.75, 3.05) is 40.6 Å². The fourth-order valence-corrected chi connectivity index (χ4v) is 1.82. The van der Waals surface area contributed by atoms with E-state index >= 15 is 0 Å². The smallest absolute Gasteiger partial charge is 0.325 e. The molecular weight excluding hydrogens is 278 g/mol. The van der Waals surface area contributed by atoms with Crippen molar-refractivity contribution in [3.05, 3.63) is 23.8 Å². The van der Waals surface area contributed by atoms with E-state index < -0.39 is 12.0 Å². The molecule has 0 bridgehead atoms. The van der Waals surface area contributed by atoms with Gasteiger partial charge in [-0.15, -0.1) is 0 Å². The van der Waals surface area contributed by atoms with E-state index in [1.807, 2.05) is 0 Å². The molecule has 1 unspecified atom stereocenters. The summed E-state index contributed by atoms with van der Waals surface area (Å²) in [6.45, 7) is 0.844. The zero-order valence-corrected chi connectivity index (χ0v) is 12.2. The number of hydrogen-bond donors (Lipinski definition) is 3. The molecule has 21 heavy (non-hydrogen) atoms. The molecule has 0 saturated carbocycles. The minimum Gasteiger partial charge on any atom is -0.493 e. The molecule has 1 atom stereocenters. The van der Waals surface area contributed by atoms with Crippen LogP contribution in [0, 0.1) is 0 Å². The summed E-state index contributed by atoms with van der Waals surface area (Å²) in [4.78, 5) is 11.4. The molecule has 0 saturated heterocycles. The quantitative estimate of drug-likeness (QED) is 0.539. The lowest BCUT2D eigenvalue weighted by Gasteiger charge is -2.17. The van der Waals surface area contributed by atoms with Crippen molar-refractivity contribution in [1.82, 2.24) is 5.32 Å². The van der Waals surface area contributed by atoms with Gasteiger partial charge in [0, 0.05) is 6.54 Å². The first-order chi connectivity index (χ1) is 10.1. The van der Waals surface area contributed by atoms with Crippen molar-refractivity contribution in [2.45, 2.75) is 6.04 Å². The zero-order chi connectivity index (χ0) is 15.7. The summed E-state index contributed by atoms with van der Waals surface area (Å²) in [5.74, 6) is 0.0145. The summed E-state index contributed by atoms with van der Waals surface area (Å²) >= 11 is 0. The van der Waals surface area contributed by atoms with Crippen LogP contribution in [0.15, 0.2) is 18.2 Å². The summed E-state index contributed by atoms with van der Waals surface area (Å²) < 4.78 is 15.4. The first kappa shape index (κ1) is 17.2. The second-order valence-corrected chi connectivity index (χ2v) is 4.18. The van der Waals surface area contributed by atoms with Crippen LogP contribution in [0.3, 0.4) is 0 Å². The molecular formula is C14H21NO6. The Balaban J connectivity index is 2.74. The maximum absolute atomic E-state index is 11.4. The molecule has 0 aliphatic carbocycles. The van der Waals surface area contributed by atoms with E-state index in [4.69, 9.17) is 19.3 Å². The fraction of sp³-hybridized carbons (Fsp3) is 0.500. The molecule has 0 spiro atoms. The number of rotatable bonds is 10. The van der Waals surface area contributed by atoms with E-state index in [0.29, 0.717) is 30.2 Å². The maximum Gasteiger partial charge on any atom is 0.325 e. The lowest BCUT2D eigenvalue weighted by molar-refractivity contribution is -0.139. The van der Waals surface area contributed by atoms with E-state index in [9.17, 15) is 9.90 Å². The number of carboxylic acids is 1. The highest BCUT2D eigenvalue weighted by molar-refractivity contribution is 5.76. The molecule has 0 radical (unpaired) electrons. The third-order valence-electron chi connectivity index (χ3n) is 2.82. The van der Waals surface area contributed by atoms with Crippen LogP contribution < -0.4 is 14.8 Å². The molecule has 0 aliphatic rings. The van der Waals surface area contributed by atoms with Crippen molar-refractivity contribution in [1.29, 1.82) is 0 Å². The fourth-order valence-electron chi connectivity index (χ4n) is 1.82. The highest BCUT2D eigenvalue weighted by atomic mass is 16.5. The number of aliphatic hydroxyl groups excluding tert-OH is 1. The molecule has 1 rings (SSSR count). The summed E-state index contributed by atoms with van der Waals surface area (Å²) in [6.07, 6.45) is 0. The predicted octanol–water partition coefficient (Wildman–Crippen LogP) is 0.428. The van der Waals surface area contributed by atoms with Gasteiger partial charge in [-0.05, 0) is 17.7 Å². The predicted molar refractivity (Wildman–Crippen MR) is 75.8 cm³/mol. The van der Waals surface area contributed by atoms with Gasteiger partial charge < -0.3 is 24.4 Å². The molecule has 0 aromatic heterocycles. The van der Waals surface area contributed by atoms with Crippen LogP contribution in [0.2, 0.25) is 0 Å². The van der Waals surface area contributed by atoms with Crippen LogP contribution in [0.25, 0.3) is 0 Å². The van der Waals surface area contributed by atoms with Crippen LogP contribution in [0.5, 0.6) is 11.5 Å². The zero-order valence-electron chi connectivity index (χ0n) is 12.2. The van der Waals surface area contributed by atoms with Crippen molar-refractivity contribution >= 4 is 5.97 Å². The first-order valence-electron chi connectivity index (χ1n) is 6.50. The summed E-state index contributed by atoms with van der Waals surface area (Å²) in [5.41, 5.74) is 0.558. The van der Waals surface area contributed by atoms with Gasteiger partial charge in [-0.2, -0.15) is 0 Å². The molecule has 1 aromatic rings. The molecule has 0 fully saturated rings. The number of nitrogens with one attached hydrogen (secondary N) is 1. The molecule has 118 valence electrons. The summed E-state index contributed by atoms with van der Waals surface area (Å²) in [7, 11) is 3.01. The molecule has 3 N–H and O–H groups in total. The number of carboxylic acid groups (broad SMARTS) is 1. The Morgan fingerprint density at radius 1 is 1.24 bits per heavy atom. The highest BCUT2D eigenvalue weighted by Gasteiger charge is 2.20. The molecule has 7 heteroatoms. The first-order valence-corrected chi connectivity index (χ1v) is 6.50. The van der Waals surface area contributed by atoms with Crippen molar-refractivity contribution in [2.24, 2.45) is 0 Å². The Morgan fingerprint density at radius 2 is 1.95 bits per heavy atom. The second kappa shape index (κ2) is 9.17. The van der Waals surface area contributed by atoms with Gasteiger partial charge in [0.1, 0.15) is 6.04 Å². The normalized spacial score (nSPS) is 12.0. The van der Waals surface area contributed by atoms with Gasteiger partial charge in [-0.3, -0.25) is 10.1 Å². The number of methoxy groups -OCH3 is 2. The average molecular weight is 299 g/mol. The Morgan fingerprint density at radius 3 is 2.52 bits per heavy atom. The van der Waals surface area contributed by atoms with Gasteiger partial charge >= 0.3 is 5.97 Å². The van der Waals surface area contributed by atoms with Crippen LogP contribution in [-0.4, -0.2) is 56.8 Å². The van der Waals surface area contributed by atoms with Crippen molar-refractivity contribution < 1.29 is 29.2 Å². The SMILES string of the molecule is COc1ccc(C(NCCOCCO)C(=O)O)cc1OC. The molecule has 1 aromatic carbocycles. The largest absolute Gasteiger partial charge is 0.493 e. The number of aliphatic hydroxyl groups is 1. The van der Waals surface area contributed by atoms with Gasteiger partial charge in [0.15, 0.2) is 11.5 Å². The van der Waals surface area contributed by atoms with E-state index in [1.165, 1.54) is 14.2 Å². The Labute approximate surface area is 123 Å². The van der Waals surface area contributed by atoms with E-state index in [1.54, 1.807) is 18.2 Å². The van der Waals surface area contributed by atoms with E-state index in [2.05, 4.69) is 5.32 Å². The third-order valence-corrected chi connectivity index (χ3v) is 2.82. The van der Waals surface area contributed by atoms with E-state index in [0.717, 1.165) is 0 Å². The summed E-state index contributed by atoms with van der Waals surface area (Å²) in [6, 6.07) is 4.08. The standard InChI is InChI=1S/C14H21NO6/c1-19-11-4-3-10(9-12(11)20-2)13(14(17)18)15-5-7-21-8-6-16/h3-4,9,13,15-16H,5-8H2,1-2H3,(H,17,18). The van der Waals surface area contributed by atoms with Gasteiger partial charge in [0.2, 0.25) is 0 Å². The number of aliphatic carboxylic acids is 1. The van der Waals surface area contributed by atoms with Gasteiger partial charge in [0.05, 0.1) is 34.0 Å². The molecule has 0 amide bonds. The monoisotopic (exact) mass is 299 g/mol. The average Bonchev–Trinajstić information content (AvgIpc) is 2.49. The lowest BCUT2D eigenvalue weighted by atomic mass is 10.1. The van der Waals surface area contributed by atoms with Crippen molar-refractivity contribution in [3.8, 4) is 11.5 Å². The Kier molecular flexibility index (Phi) is 7.52. The number of hydrogen-bond acceptors (Lipinski definition) is 6. The lowest BCUT2D eigenvalue weighted by Crippen LogP contribution is -2.31. The van der Waals surface area contributed by atoms with Crippen LogP contribution in [-0.2, 0) is 9.53 Å². The molecule has 0 aliphatic heterocycles. The Hall–Kier alpha value is -1.83. The molecule has 0 heterocycles. The number of benzene rings is 1. The van der Waals surface area contributed by atoms with Gasteiger partial charge in [-0.25, -0.2) is 0 Å². The van der Waals surface area contributed by atoms with Crippen LogP contribution in [0.1, 0.15) is 11.6 Å². The van der Waals surface area contributed by atoms with Crippen LogP contribution in [0.4, 0.5) is 0 Å². The Bertz CT molecular complexity index is 451.